The van der Waals surface area contributed by atoms with Crippen LogP contribution in [0.5, 0.6) is 0 Å². The van der Waals surface area contributed by atoms with Gasteiger partial charge in [-0.25, -0.2) is 14.7 Å². The Balaban J connectivity index is 2.49. The van der Waals surface area contributed by atoms with Crippen molar-refractivity contribution in [2.75, 3.05) is 5.32 Å². The SMILES string of the molecule is [2H]C1(CC(=O)[O-])C(=O)Nc2cccc[n+]21. The van der Waals surface area contributed by atoms with E-state index < -0.39 is 24.3 Å². The molecular formula is C9H8N2O3. The lowest BCUT2D eigenvalue weighted by Gasteiger charge is -2.05. The van der Waals surface area contributed by atoms with Gasteiger partial charge in [0.15, 0.2) is 0 Å². The highest BCUT2D eigenvalue weighted by Crippen LogP contribution is 2.16. The van der Waals surface area contributed by atoms with Crippen LogP contribution in [0.3, 0.4) is 0 Å². The molecule has 0 saturated heterocycles. The average molecular weight is 193 g/mol. The van der Waals surface area contributed by atoms with E-state index >= 15 is 0 Å². The summed E-state index contributed by atoms with van der Waals surface area (Å²) in [4.78, 5) is 22.0. The van der Waals surface area contributed by atoms with Crippen LogP contribution < -0.4 is 15.0 Å². The lowest BCUT2D eigenvalue weighted by Crippen LogP contribution is -2.41. The Morgan fingerprint density at radius 3 is 3.21 bits per heavy atom. The molecule has 0 spiro atoms. The molecule has 0 bridgehead atoms. The summed E-state index contributed by atoms with van der Waals surface area (Å²) in [5, 5.41) is 12.9. The number of fused-ring (bicyclic) bond motifs is 1. The molecule has 14 heavy (non-hydrogen) atoms. The Kier molecular flexibility index (Phi) is 1.66. The number of hydrogen-bond acceptors (Lipinski definition) is 3. The maximum Gasteiger partial charge on any atom is 0.353 e. The zero-order valence-electron chi connectivity index (χ0n) is 8.19. The van der Waals surface area contributed by atoms with Crippen molar-refractivity contribution in [3.05, 3.63) is 24.4 Å². The van der Waals surface area contributed by atoms with Gasteiger partial charge in [-0.1, -0.05) is 6.07 Å². The van der Waals surface area contributed by atoms with Crippen LogP contribution >= 0.6 is 0 Å². The van der Waals surface area contributed by atoms with Crippen molar-refractivity contribution in [2.24, 2.45) is 0 Å². The summed E-state index contributed by atoms with van der Waals surface area (Å²) in [6.07, 6.45) is 0.823. The number of carbonyl (C=O) groups is 2. The van der Waals surface area contributed by atoms with Gasteiger partial charge in [-0.2, -0.15) is 0 Å². The summed E-state index contributed by atoms with van der Waals surface area (Å²) in [5.41, 5.74) is 0. The van der Waals surface area contributed by atoms with Crippen LogP contribution in [0, 0.1) is 0 Å². The largest absolute Gasteiger partial charge is 0.550 e. The van der Waals surface area contributed by atoms with Crippen molar-refractivity contribution in [3.8, 4) is 0 Å². The fourth-order valence-corrected chi connectivity index (χ4v) is 1.38. The molecule has 0 fully saturated rings. The van der Waals surface area contributed by atoms with Crippen molar-refractivity contribution >= 4 is 17.7 Å². The molecule has 0 aromatic carbocycles. The lowest BCUT2D eigenvalue weighted by molar-refractivity contribution is -0.688. The summed E-state index contributed by atoms with van der Waals surface area (Å²) in [7, 11) is 0. The highest BCUT2D eigenvalue weighted by atomic mass is 16.4. The molecule has 5 heteroatoms. The number of aromatic nitrogens is 1. The normalized spacial score (nSPS) is 25.1. The number of amides is 1. The molecule has 1 unspecified atom stereocenters. The van der Waals surface area contributed by atoms with Crippen LogP contribution in [0.4, 0.5) is 5.82 Å². The standard InChI is InChI=1S/C9H8N2O3/c12-8(13)5-6-9(14)10-7-3-1-2-4-11(6)7/h1-4,6H,5H2,(H,12,13)/i6D. The molecule has 1 aliphatic rings. The van der Waals surface area contributed by atoms with E-state index in [4.69, 9.17) is 1.37 Å². The predicted molar refractivity (Wildman–Crippen MR) is 43.9 cm³/mol. The fraction of sp³-hybridized carbons (Fsp3) is 0.222. The number of aliphatic carboxylic acids is 1. The van der Waals surface area contributed by atoms with Gasteiger partial charge < -0.3 is 9.90 Å². The van der Waals surface area contributed by atoms with Crippen molar-refractivity contribution in [2.45, 2.75) is 12.4 Å². The predicted octanol–water partition coefficient (Wildman–Crippen LogP) is -1.39. The second kappa shape index (κ2) is 3.10. The smallest absolute Gasteiger partial charge is 0.353 e. The average Bonchev–Trinajstić information content (AvgIpc) is 2.39. The number of anilines is 1. The Bertz CT molecular complexity index is 449. The van der Waals surface area contributed by atoms with Gasteiger partial charge in [0.25, 0.3) is 5.82 Å². The Morgan fingerprint density at radius 2 is 2.50 bits per heavy atom. The van der Waals surface area contributed by atoms with Crippen LogP contribution in [0.2, 0.25) is 0 Å². The molecule has 0 radical (unpaired) electrons. The first-order valence-electron chi connectivity index (χ1n) is 4.56. The van der Waals surface area contributed by atoms with Crippen molar-refractivity contribution in [1.29, 1.82) is 0 Å². The number of carbonyl (C=O) groups excluding carboxylic acids is 2. The van der Waals surface area contributed by atoms with E-state index in [9.17, 15) is 14.7 Å². The number of rotatable bonds is 2. The molecule has 5 nitrogen and oxygen atoms in total. The molecule has 1 aromatic rings. The van der Waals surface area contributed by atoms with Gasteiger partial charge in [0, 0.05) is 18.5 Å². The first kappa shape index (κ1) is 7.49. The summed E-state index contributed by atoms with van der Waals surface area (Å²) in [6, 6.07) is 3.08. The van der Waals surface area contributed by atoms with E-state index in [1.807, 2.05) is 0 Å². The van der Waals surface area contributed by atoms with Crippen LogP contribution in [0.25, 0.3) is 0 Å². The Morgan fingerprint density at radius 1 is 1.71 bits per heavy atom. The molecule has 2 rings (SSSR count). The highest BCUT2D eigenvalue weighted by molar-refractivity contribution is 5.95. The third kappa shape index (κ3) is 1.32. The first-order chi connectivity index (χ1) is 7.04. The molecule has 0 aliphatic carbocycles. The molecule has 0 saturated carbocycles. The zero-order valence-corrected chi connectivity index (χ0v) is 7.19. The first-order valence-corrected chi connectivity index (χ1v) is 4.06. The monoisotopic (exact) mass is 193 g/mol. The minimum Gasteiger partial charge on any atom is -0.550 e. The van der Waals surface area contributed by atoms with Crippen molar-refractivity contribution in [1.82, 2.24) is 0 Å². The van der Waals surface area contributed by atoms with Crippen LogP contribution in [-0.4, -0.2) is 11.9 Å². The highest BCUT2D eigenvalue weighted by Gasteiger charge is 2.37. The third-order valence-corrected chi connectivity index (χ3v) is 1.97. The maximum atomic E-state index is 11.5. The molecule has 1 aromatic heterocycles. The topological polar surface area (TPSA) is 73.1 Å². The van der Waals surface area contributed by atoms with Gasteiger partial charge in [-0.3, -0.25) is 0 Å². The van der Waals surface area contributed by atoms with Crippen molar-refractivity contribution < 1.29 is 20.6 Å². The minimum absolute atomic E-state index is 0.416. The molecule has 1 amide bonds. The lowest BCUT2D eigenvalue weighted by atomic mass is 10.2. The summed E-state index contributed by atoms with van der Waals surface area (Å²) < 4.78 is 9.11. The molecule has 2 heterocycles. The number of nitrogens with one attached hydrogen (secondary N) is 1. The number of pyridine rings is 1. The quantitative estimate of drug-likeness (QED) is 0.587. The number of carboxylic acids is 1. The molecule has 72 valence electrons. The van der Waals surface area contributed by atoms with Crippen molar-refractivity contribution in [3.63, 3.8) is 0 Å². The summed E-state index contributed by atoms with van der Waals surface area (Å²) >= 11 is 0. The summed E-state index contributed by atoms with van der Waals surface area (Å²) in [6.45, 7) is 0. The van der Waals surface area contributed by atoms with Gasteiger partial charge in [0.1, 0.15) is 0 Å². The Labute approximate surface area is 81.4 Å². The van der Waals surface area contributed by atoms with E-state index in [-0.39, 0.29) is 0 Å². The molecule has 1 atom stereocenters. The Hall–Kier alpha value is -1.91. The second-order valence-electron chi connectivity index (χ2n) is 2.91. The maximum absolute atomic E-state index is 11.5. The second-order valence-corrected chi connectivity index (χ2v) is 2.91. The molecule has 1 N–H and O–H groups in total. The number of nitrogens with zero attached hydrogens (tertiary/aromatic N) is 1. The van der Waals surface area contributed by atoms with E-state index in [1.165, 1.54) is 10.8 Å². The van der Waals surface area contributed by atoms with E-state index in [0.717, 1.165) is 0 Å². The summed E-state index contributed by atoms with van der Waals surface area (Å²) in [5.74, 6) is -1.67. The van der Waals surface area contributed by atoms with Crippen LogP contribution in [0.15, 0.2) is 24.4 Å². The van der Waals surface area contributed by atoms with Gasteiger partial charge in [-0.15, -0.1) is 0 Å². The third-order valence-electron chi connectivity index (χ3n) is 1.97. The number of hydrogen-bond donors (Lipinski definition) is 1. The zero-order chi connectivity index (χ0) is 11.1. The molecular weight excluding hydrogens is 184 g/mol. The van der Waals surface area contributed by atoms with E-state index in [0.29, 0.717) is 5.82 Å². The van der Waals surface area contributed by atoms with E-state index in [2.05, 4.69) is 5.32 Å². The van der Waals surface area contributed by atoms with Gasteiger partial charge in [0.05, 0.1) is 7.57 Å². The van der Waals surface area contributed by atoms with Gasteiger partial charge in [-0.05, 0) is 6.07 Å². The minimum atomic E-state index is -1.84. The fourth-order valence-electron chi connectivity index (χ4n) is 1.38. The van der Waals surface area contributed by atoms with E-state index in [1.54, 1.807) is 18.2 Å². The van der Waals surface area contributed by atoms with Crippen LogP contribution in [0.1, 0.15) is 13.8 Å². The molecule has 1 aliphatic heterocycles. The van der Waals surface area contributed by atoms with Gasteiger partial charge in [0.2, 0.25) is 6.02 Å². The van der Waals surface area contributed by atoms with Crippen LogP contribution in [-0.2, 0) is 9.59 Å². The number of carboxylic acid groups (broad SMARTS) is 1. The van der Waals surface area contributed by atoms with Gasteiger partial charge >= 0.3 is 5.91 Å².